The summed E-state index contributed by atoms with van der Waals surface area (Å²) in [7, 11) is 1.58. The predicted molar refractivity (Wildman–Crippen MR) is 167 cm³/mol. The first-order valence-corrected chi connectivity index (χ1v) is 15.1. The molecule has 3 fully saturated rings. The second-order valence-corrected chi connectivity index (χ2v) is 11.1. The Morgan fingerprint density at radius 1 is 1.04 bits per heavy atom. The molecular formula is C32H37F2N7O4. The number of hydrogen-bond donors (Lipinski definition) is 2. The number of nitrogens with zero attached hydrogens (tertiary/aromatic N) is 5. The van der Waals surface area contributed by atoms with Crippen LogP contribution in [0.3, 0.4) is 0 Å². The summed E-state index contributed by atoms with van der Waals surface area (Å²) in [5.41, 5.74) is 2.20. The number of hydroxylamine groups is 1. The van der Waals surface area contributed by atoms with E-state index in [0.717, 1.165) is 64.0 Å². The lowest BCUT2D eigenvalue weighted by Crippen LogP contribution is -2.49. The summed E-state index contributed by atoms with van der Waals surface area (Å²) < 4.78 is 40.0. The maximum absolute atomic E-state index is 14.7. The van der Waals surface area contributed by atoms with E-state index in [4.69, 9.17) is 14.3 Å². The number of carbonyl (C=O) groups is 1. The van der Waals surface area contributed by atoms with E-state index in [2.05, 4.69) is 37.0 Å². The zero-order chi connectivity index (χ0) is 31.3. The van der Waals surface area contributed by atoms with Gasteiger partial charge < -0.3 is 25.0 Å². The van der Waals surface area contributed by atoms with Crippen molar-refractivity contribution in [1.82, 2.24) is 14.9 Å². The van der Waals surface area contributed by atoms with E-state index in [0.29, 0.717) is 47.8 Å². The molecule has 0 aliphatic carbocycles. The number of benzene rings is 2. The Morgan fingerprint density at radius 2 is 1.84 bits per heavy atom. The third-order valence-electron chi connectivity index (χ3n) is 8.51. The lowest BCUT2D eigenvalue weighted by Gasteiger charge is -2.41. The standard InChI is InChI=1S/C32H37F2N7O4/c1-3-31(42)38-24-17-25(28(43-2)18-27(24)40-10-7-21(8-11-40)39-12-15-44-16-13-39)37-29-19-30(36-20-35-29)41-26(9-14-45-41)22-5-4-6-23(33)32(22)34/h3-6,17-21,26H,1,7-16H2,2H3,(H,38,42)(H,35,36,37). The van der Waals surface area contributed by atoms with Gasteiger partial charge in [-0.25, -0.2) is 23.8 Å². The fraction of sp³-hybridized carbons (Fsp3) is 0.406. The molecule has 3 aliphatic heterocycles. The van der Waals surface area contributed by atoms with Crippen LogP contribution in [0.4, 0.5) is 37.5 Å². The molecule has 0 radical (unpaired) electrons. The number of anilines is 5. The number of carbonyl (C=O) groups excluding carboxylic acids is 1. The molecule has 11 nitrogen and oxygen atoms in total. The summed E-state index contributed by atoms with van der Waals surface area (Å²) in [6, 6.07) is 9.41. The minimum absolute atomic E-state index is 0.189. The summed E-state index contributed by atoms with van der Waals surface area (Å²) in [6.07, 6.45) is 5.05. The maximum atomic E-state index is 14.7. The largest absolute Gasteiger partial charge is 0.494 e. The Kier molecular flexibility index (Phi) is 9.38. The Hall–Kier alpha value is -4.33. The molecule has 2 N–H and O–H groups in total. The first kappa shape index (κ1) is 30.7. The molecule has 1 amide bonds. The van der Waals surface area contributed by atoms with Gasteiger partial charge >= 0.3 is 0 Å². The van der Waals surface area contributed by atoms with E-state index in [1.807, 2.05) is 12.1 Å². The van der Waals surface area contributed by atoms with Crippen LogP contribution >= 0.6 is 0 Å². The highest BCUT2D eigenvalue weighted by atomic mass is 19.2. The van der Waals surface area contributed by atoms with Crippen molar-refractivity contribution in [3.63, 3.8) is 0 Å². The normalized spacial score (nSPS) is 19.4. The maximum Gasteiger partial charge on any atom is 0.247 e. The van der Waals surface area contributed by atoms with Crippen molar-refractivity contribution >= 4 is 34.6 Å². The average Bonchev–Trinajstić information content (AvgIpc) is 3.57. The molecule has 2 aromatic carbocycles. The molecule has 0 bridgehead atoms. The smallest absolute Gasteiger partial charge is 0.247 e. The Labute approximate surface area is 260 Å². The summed E-state index contributed by atoms with van der Waals surface area (Å²) in [6.45, 7) is 9.04. The molecule has 0 spiro atoms. The zero-order valence-corrected chi connectivity index (χ0v) is 25.2. The lowest BCUT2D eigenvalue weighted by molar-refractivity contribution is -0.111. The van der Waals surface area contributed by atoms with Crippen molar-refractivity contribution in [2.24, 2.45) is 0 Å². The van der Waals surface area contributed by atoms with Crippen molar-refractivity contribution < 1.29 is 27.9 Å². The van der Waals surface area contributed by atoms with Crippen molar-refractivity contribution in [2.75, 3.05) is 73.7 Å². The molecule has 4 heterocycles. The molecule has 3 aliphatic rings. The lowest BCUT2D eigenvalue weighted by atomic mass is 10.0. The Balaban J connectivity index is 1.24. The van der Waals surface area contributed by atoms with Gasteiger partial charge in [-0.2, -0.15) is 0 Å². The van der Waals surface area contributed by atoms with E-state index >= 15 is 0 Å². The quantitative estimate of drug-likeness (QED) is 0.324. The second-order valence-electron chi connectivity index (χ2n) is 11.1. The highest BCUT2D eigenvalue weighted by Gasteiger charge is 2.32. The third-order valence-corrected chi connectivity index (χ3v) is 8.51. The van der Waals surface area contributed by atoms with Crippen molar-refractivity contribution in [3.8, 4) is 5.75 Å². The van der Waals surface area contributed by atoms with Crippen molar-refractivity contribution in [2.45, 2.75) is 31.3 Å². The van der Waals surface area contributed by atoms with Crippen LogP contribution in [0, 0.1) is 11.6 Å². The molecule has 6 rings (SSSR count). The van der Waals surface area contributed by atoms with Gasteiger partial charge in [-0.1, -0.05) is 18.7 Å². The van der Waals surface area contributed by atoms with Crippen LogP contribution in [0.25, 0.3) is 0 Å². The molecule has 238 valence electrons. The van der Waals surface area contributed by atoms with E-state index in [1.165, 1.54) is 23.5 Å². The summed E-state index contributed by atoms with van der Waals surface area (Å²) in [5.74, 6) is -0.823. The molecule has 13 heteroatoms. The first-order chi connectivity index (χ1) is 21.9. The van der Waals surface area contributed by atoms with Crippen LogP contribution in [0.2, 0.25) is 0 Å². The van der Waals surface area contributed by atoms with Gasteiger partial charge in [0, 0.05) is 56.3 Å². The fourth-order valence-corrected chi connectivity index (χ4v) is 6.22. The predicted octanol–water partition coefficient (Wildman–Crippen LogP) is 4.82. The highest BCUT2D eigenvalue weighted by Crippen LogP contribution is 2.41. The number of morpholine rings is 1. The minimum atomic E-state index is -0.916. The summed E-state index contributed by atoms with van der Waals surface area (Å²) in [4.78, 5) is 31.7. The van der Waals surface area contributed by atoms with Gasteiger partial charge in [0.05, 0.1) is 50.0 Å². The van der Waals surface area contributed by atoms with E-state index in [1.54, 1.807) is 19.2 Å². The Morgan fingerprint density at radius 3 is 2.60 bits per heavy atom. The van der Waals surface area contributed by atoms with Gasteiger partial charge in [0.1, 0.15) is 17.9 Å². The number of halogens is 2. The monoisotopic (exact) mass is 621 g/mol. The van der Waals surface area contributed by atoms with Gasteiger partial charge in [0.15, 0.2) is 17.5 Å². The van der Waals surface area contributed by atoms with Gasteiger partial charge in [0.2, 0.25) is 5.91 Å². The molecule has 0 saturated carbocycles. The van der Waals surface area contributed by atoms with Gasteiger partial charge in [0.25, 0.3) is 0 Å². The van der Waals surface area contributed by atoms with Crippen LogP contribution in [0.5, 0.6) is 5.75 Å². The topological polar surface area (TPSA) is 104 Å². The number of aromatic nitrogens is 2. The van der Waals surface area contributed by atoms with Crippen LogP contribution < -0.4 is 25.3 Å². The number of amides is 1. The number of hydrogen-bond acceptors (Lipinski definition) is 10. The molecule has 3 aromatic rings. The van der Waals surface area contributed by atoms with Gasteiger partial charge in [-0.3, -0.25) is 14.5 Å². The molecule has 1 aromatic heterocycles. The third kappa shape index (κ3) is 6.70. The van der Waals surface area contributed by atoms with Crippen LogP contribution in [0.1, 0.15) is 30.9 Å². The molecule has 3 saturated heterocycles. The average molecular weight is 622 g/mol. The number of methoxy groups -OCH3 is 1. The number of rotatable bonds is 9. The van der Waals surface area contributed by atoms with Gasteiger partial charge in [-0.15, -0.1) is 0 Å². The van der Waals surface area contributed by atoms with E-state index < -0.39 is 17.7 Å². The fourth-order valence-electron chi connectivity index (χ4n) is 6.22. The van der Waals surface area contributed by atoms with E-state index in [9.17, 15) is 13.6 Å². The Bertz CT molecular complexity index is 1530. The van der Waals surface area contributed by atoms with Crippen LogP contribution in [-0.2, 0) is 14.4 Å². The van der Waals surface area contributed by atoms with E-state index in [-0.39, 0.29) is 11.5 Å². The van der Waals surface area contributed by atoms with Crippen LogP contribution in [0.15, 0.2) is 55.4 Å². The SMILES string of the molecule is C=CC(=O)Nc1cc(Nc2cc(N3OCCC3c3cccc(F)c3F)ncn2)c(OC)cc1N1CCC(N2CCOCC2)CC1. The van der Waals surface area contributed by atoms with Crippen molar-refractivity contribution in [1.29, 1.82) is 0 Å². The summed E-state index contributed by atoms with van der Waals surface area (Å²) >= 11 is 0. The number of ether oxygens (including phenoxy) is 2. The summed E-state index contributed by atoms with van der Waals surface area (Å²) in [5, 5.41) is 7.69. The van der Waals surface area contributed by atoms with Crippen LogP contribution in [-0.4, -0.2) is 79.9 Å². The zero-order valence-electron chi connectivity index (χ0n) is 25.2. The highest BCUT2D eigenvalue weighted by molar-refractivity contribution is 6.02. The van der Waals surface area contributed by atoms with Gasteiger partial charge in [-0.05, 0) is 31.1 Å². The number of piperidine rings is 1. The second kappa shape index (κ2) is 13.8. The molecule has 45 heavy (non-hydrogen) atoms. The van der Waals surface area contributed by atoms with Crippen molar-refractivity contribution in [3.05, 3.63) is 72.6 Å². The first-order valence-electron chi connectivity index (χ1n) is 15.1. The molecular weight excluding hydrogens is 584 g/mol. The molecule has 1 unspecified atom stereocenters. The molecule has 1 atom stereocenters. The number of nitrogens with one attached hydrogen (secondary N) is 2. The minimum Gasteiger partial charge on any atom is -0.494 e.